The third-order valence-electron chi connectivity index (χ3n) is 5.63. The van der Waals surface area contributed by atoms with Crippen LogP contribution in [0.5, 0.6) is 0 Å². The molecular formula is C28H34N4O2. The van der Waals surface area contributed by atoms with Gasteiger partial charge in [-0.3, -0.25) is 4.79 Å². The predicted octanol–water partition coefficient (Wildman–Crippen LogP) is 4.49. The summed E-state index contributed by atoms with van der Waals surface area (Å²) in [6.07, 6.45) is 0.357. The van der Waals surface area contributed by atoms with Crippen LogP contribution in [0.4, 0.5) is 10.5 Å². The minimum atomic E-state index is -0.748. The number of anilines is 1. The standard InChI is InChI=1S/C28H34N4O2/c1-28(2,3)23-13-15-24(16-14-23)31-26(33)25(17-20-9-11-21(18-29)12-10-20)32-27(34)30-19-22-7-5-4-6-8-22/h4-16,25H,17-19,29H2,1-3H3,(H,31,33)(H2,30,32,34). The summed E-state index contributed by atoms with van der Waals surface area (Å²) >= 11 is 0. The summed E-state index contributed by atoms with van der Waals surface area (Å²) in [7, 11) is 0. The lowest BCUT2D eigenvalue weighted by atomic mass is 9.87. The van der Waals surface area contributed by atoms with Crippen LogP contribution in [0.25, 0.3) is 0 Å². The SMILES string of the molecule is CC(C)(C)c1ccc(NC(=O)C(Cc2ccc(CN)cc2)NC(=O)NCc2ccccc2)cc1. The molecule has 6 nitrogen and oxygen atoms in total. The van der Waals surface area contributed by atoms with Crippen molar-refractivity contribution in [3.05, 3.63) is 101 Å². The van der Waals surface area contributed by atoms with Crippen molar-refractivity contribution < 1.29 is 9.59 Å². The molecular weight excluding hydrogens is 424 g/mol. The molecule has 0 radical (unpaired) electrons. The maximum atomic E-state index is 13.2. The van der Waals surface area contributed by atoms with E-state index >= 15 is 0 Å². The van der Waals surface area contributed by atoms with Crippen LogP contribution in [0.1, 0.15) is 43.0 Å². The molecule has 1 unspecified atom stereocenters. The number of carbonyl (C=O) groups is 2. The molecule has 0 aliphatic heterocycles. The summed E-state index contributed by atoms with van der Waals surface area (Å²) in [6.45, 7) is 7.26. The monoisotopic (exact) mass is 458 g/mol. The lowest BCUT2D eigenvalue weighted by Gasteiger charge is -2.21. The van der Waals surface area contributed by atoms with Gasteiger partial charge in [0, 0.05) is 25.2 Å². The minimum Gasteiger partial charge on any atom is -0.334 e. The largest absolute Gasteiger partial charge is 0.334 e. The highest BCUT2D eigenvalue weighted by atomic mass is 16.2. The van der Waals surface area contributed by atoms with E-state index in [4.69, 9.17) is 5.73 Å². The zero-order chi connectivity index (χ0) is 24.6. The van der Waals surface area contributed by atoms with Crippen LogP contribution < -0.4 is 21.7 Å². The molecule has 34 heavy (non-hydrogen) atoms. The molecule has 6 heteroatoms. The van der Waals surface area contributed by atoms with Gasteiger partial charge in [0.25, 0.3) is 0 Å². The van der Waals surface area contributed by atoms with Gasteiger partial charge in [0.15, 0.2) is 0 Å². The molecule has 0 saturated heterocycles. The lowest BCUT2D eigenvalue weighted by Crippen LogP contribution is -2.49. The van der Waals surface area contributed by atoms with Crippen LogP contribution in [0.15, 0.2) is 78.9 Å². The first-order valence-electron chi connectivity index (χ1n) is 11.5. The average molecular weight is 459 g/mol. The highest BCUT2D eigenvalue weighted by molar-refractivity contribution is 5.97. The van der Waals surface area contributed by atoms with E-state index in [2.05, 4.69) is 36.7 Å². The molecule has 178 valence electrons. The number of amides is 3. The molecule has 0 aliphatic carbocycles. The van der Waals surface area contributed by atoms with Gasteiger partial charge in [0.1, 0.15) is 6.04 Å². The molecule has 1 atom stereocenters. The van der Waals surface area contributed by atoms with Crippen LogP contribution in [-0.4, -0.2) is 18.0 Å². The first-order chi connectivity index (χ1) is 16.2. The summed E-state index contributed by atoms with van der Waals surface area (Å²) in [5, 5.41) is 8.60. The molecule has 3 amide bonds. The maximum absolute atomic E-state index is 13.2. The first-order valence-corrected chi connectivity index (χ1v) is 11.5. The summed E-state index contributed by atoms with van der Waals surface area (Å²) in [6, 6.07) is 24.0. The fourth-order valence-electron chi connectivity index (χ4n) is 3.53. The van der Waals surface area contributed by atoms with Crippen LogP contribution in [0, 0.1) is 0 Å². The second-order valence-electron chi connectivity index (χ2n) is 9.41. The van der Waals surface area contributed by atoms with Crippen molar-refractivity contribution in [1.29, 1.82) is 0 Å². The Bertz CT molecular complexity index is 1070. The molecule has 0 bridgehead atoms. The molecule has 0 fully saturated rings. The van der Waals surface area contributed by atoms with Crippen LogP contribution in [0.3, 0.4) is 0 Å². The van der Waals surface area contributed by atoms with E-state index in [0.717, 1.165) is 16.7 Å². The topological polar surface area (TPSA) is 96.2 Å². The zero-order valence-electron chi connectivity index (χ0n) is 20.1. The Morgan fingerprint density at radius 1 is 0.824 bits per heavy atom. The van der Waals surface area contributed by atoms with Gasteiger partial charge in [0.05, 0.1) is 0 Å². The van der Waals surface area contributed by atoms with Gasteiger partial charge in [0.2, 0.25) is 5.91 Å². The lowest BCUT2D eigenvalue weighted by molar-refractivity contribution is -0.117. The van der Waals surface area contributed by atoms with Gasteiger partial charge in [-0.25, -0.2) is 4.79 Å². The molecule has 0 heterocycles. The van der Waals surface area contributed by atoms with Gasteiger partial charge in [-0.05, 0) is 39.8 Å². The Balaban J connectivity index is 1.70. The van der Waals surface area contributed by atoms with E-state index in [9.17, 15) is 9.59 Å². The number of nitrogens with one attached hydrogen (secondary N) is 3. The normalized spacial score (nSPS) is 12.0. The fourth-order valence-corrected chi connectivity index (χ4v) is 3.53. The van der Waals surface area contributed by atoms with Gasteiger partial charge < -0.3 is 21.7 Å². The summed E-state index contributed by atoms with van der Waals surface area (Å²) < 4.78 is 0. The Morgan fingerprint density at radius 2 is 1.44 bits per heavy atom. The molecule has 0 spiro atoms. The fraction of sp³-hybridized carbons (Fsp3) is 0.286. The molecule has 3 rings (SSSR count). The van der Waals surface area contributed by atoms with Crippen molar-refractivity contribution in [3.63, 3.8) is 0 Å². The van der Waals surface area contributed by atoms with Gasteiger partial charge in [-0.15, -0.1) is 0 Å². The van der Waals surface area contributed by atoms with E-state index in [1.165, 1.54) is 5.56 Å². The van der Waals surface area contributed by atoms with E-state index in [1.807, 2.05) is 78.9 Å². The Kier molecular flexibility index (Phi) is 8.44. The summed E-state index contributed by atoms with van der Waals surface area (Å²) in [4.78, 5) is 25.8. The highest BCUT2D eigenvalue weighted by Gasteiger charge is 2.22. The van der Waals surface area contributed by atoms with Crippen LogP contribution >= 0.6 is 0 Å². The second-order valence-corrected chi connectivity index (χ2v) is 9.41. The summed E-state index contributed by atoms with van der Waals surface area (Å²) in [5.74, 6) is -0.277. The Morgan fingerprint density at radius 3 is 2.03 bits per heavy atom. The van der Waals surface area contributed by atoms with E-state index < -0.39 is 12.1 Å². The van der Waals surface area contributed by atoms with Crippen molar-refractivity contribution in [2.75, 3.05) is 5.32 Å². The molecule has 3 aromatic carbocycles. The highest BCUT2D eigenvalue weighted by Crippen LogP contribution is 2.23. The quantitative estimate of drug-likeness (QED) is 0.400. The van der Waals surface area contributed by atoms with Crippen LogP contribution in [-0.2, 0) is 29.7 Å². The Hall–Kier alpha value is -3.64. The van der Waals surface area contributed by atoms with Crippen molar-refractivity contribution >= 4 is 17.6 Å². The average Bonchev–Trinajstić information content (AvgIpc) is 2.83. The molecule has 0 aliphatic rings. The molecule has 3 aromatic rings. The molecule has 0 saturated carbocycles. The number of benzene rings is 3. The number of nitrogens with two attached hydrogens (primary N) is 1. The number of hydrogen-bond acceptors (Lipinski definition) is 3. The summed E-state index contributed by atoms with van der Waals surface area (Å²) in [5.41, 5.74) is 10.5. The Labute approximate surface area is 202 Å². The van der Waals surface area contributed by atoms with Crippen molar-refractivity contribution in [2.24, 2.45) is 5.73 Å². The van der Waals surface area contributed by atoms with Crippen molar-refractivity contribution in [2.45, 2.75) is 51.7 Å². The third-order valence-corrected chi connectivity index (χ3v) is 5.63. The smallest absolute Gasteiger partial charge is 0.315 e. The predicted molar refractivity (Wildman–Crippen MR) is 137 cm³/mol. The van der Waals surface area contributed by atoms with Crippen molar-refractivity contribution in [1.82, 2.24) is 10.6 Å². The number of urea groups is 1. The van der Waals surface area contributed by atoms with Gasteiger partial charge >= 0.3 is 6.03 Å². The van der Waals surface area contributed by atoms with Crippen molar-refractivity contribution in [3.8, 4) is 0 Å². The van der Waals surface area contributed by atoms with E-state index in [1.54, 1.807) is 0 Å². The zero-order valence-corrected chi connectivity index (χ0v) is 20.1. The number of hydrogen-bond donors (Lipinski definition) is 4. The van der Waals surface area contributed by atoms with Crippen LogP contribution in [0.2, 0.25) is 0 Å². The number of rotatable bonds is 8. The third kappa shape index (κ3) is 7.46. The molecule has 5 N–H and O–H groups in total. The van der Waals surface area contributed by atoms with E-state index in [-0.39, 0.29) is 11.3 Å². The van der Waals surface area contributed by atoms with Gasteiger partial charge in [-0.1, -0.05) is 87.5 Å². The number of carbonyl (C=O) groups excluding carboxylic acids is 2. The first kappa shape index (κ1) is 25.0. The minimum absolute atomic E-state index is 0.0269. The molecule has 0 aromatic heterocycles. The van der Waals surface area contributed by atoms with Gasteiger partial charge in [-0.2, -0.15) is 0 Å². The second kappa shape index (κ2) is 11.5. The maximum Gasteiger partial charge on any atom is 0.315 e. The van der Waals surface area contributed by atoms with E-state index in [0.29, 0.717) is 25.2 Å².